The second-order valence-corrected chi connectivity index (χ2v) is 20.5. The van der Waals surface area contributed by atoms with E-state index in [4.69, 9.17) is 14.2 Å². The van der Waals surface area contributed by atoms with Gasteiger partial charge in [-0.25, -0.2) is 4.79 Å². The van der Waals surface area contributed by atoms with Gasteiger partial charge in [-0.3, -0.25) is 24.0 Å². The first-order valence-corrected chi connectivity index (χ1v) is 26.9. The SMILES string of the molecule is CC(=O)Nc1ccc2ccc3c(CCCC(=O)NCCCC[C@H](NC(=O)CCC4(C)N=N4)C(=O)NCCCOCCOCCOCCCNC(=O)CCCC[C@@H]4SC[C@@H]5NC(=O)N[C@@H]54)ccc4ccc1c2c43. The van der Waals surface area contributed by atoms with E-state index >= 15 is 0 Å². The molecule has 0 spiro atoms. The van der Waals surface area contributed by atoms with Crippen LogP contribution in [0, 0.1) is 0 Å². The molecule has 0 saturated carbocycles. The lowest BCUT2D eigenvalue weighted by atomic mass is 9.90. The number of aryl methyl sites for hydroxylation is 1. The molecule has 0 bridgehead atoms. The Hall–Kier alpha value is -5.63. The smallest absolute Gasteiger partial charge is 0.315 e. The predicted molar refractivity (Wildman–Crippen MR) is 280 cm³/mol. The highest BCUT2D eigenvalue weighted by atomic mass is 32.2. The summed E-state index contributed by atoms with van der Waals surface area (Å²) in [5, 5.41) is 35.8. The molecule has 7 rings (SSSR count). The zero-order valence-electron chi connectivity index (χ0n) is 41.9. The molecule has 0 radical (unpaired) electrons. The highest BCUT2D eigenvalue weighted by Gasteiger charge is 2.42. The molecule has 0 unspecified atom stereocenters. The van der Waals surface area contributed by atoms with Gasteiger partial charge in [-0.15, -0.1) is 0 Å². The number of carbonyl (C=O) groups excluding carboxylic acids is 6. The van der Waals surface area contributed by atoms with E-state index in [9.17, 15) is 28.8 Å². The summed E-state index contributed by atoms with van der Waals surface area (Å²) in [5.41, 5.74) is 1.46. The highest BCUT2D eigenvalue weighted by molar-refractivity contribution is 8.00. The second-order valence-electron chi connectivity index (χ2n) is 19.2. The summed E-state index contributed by atoms with van der Waals surface area (Å²) < 4.78 is 16.9. The molecule has 0 aromatic heterocycles. The van der Waals surface area contributed by atoms with Gasteiger partial charge in [-0.2, -0.15) is 22.0 Å². The number of benzene rings is 4. The summed E-state index contributed by atoms with van der Waals surface area (Å²) in [6, 6.07) is 16.3. The molecule has 2 fully saturated rings. The van der Waals surface area contributed by atoms with Crippen LogP contribution in [0.5, 0.6) is 0 Å². The number of nitrogens with one attached hydrogen (secondary N) is 7. The number of fused-ring (bicyclic) bond motifs is 1. The lowest BCUT2D eigenvalue weighted by Gasteiger charge is -2.19. The van der Waals surface area contributed by atoms with Crippen molar-refractivity contribution >= 4 is 85.3 Å². The van der Waals surface area contributed by atoms with Crippen molar-refractivity contribution in [3.8, 4) is 0 Å². The van der Waals surface area contributed by atoms with Gasteiger partial charge < -0.3 is 51.4 Å². The van der Waals surface area contributed by atoms with Crippen molar-refractivity contribution in [2.24, 2.45) is 10.2 Å². The maximum absolute atomic E-state index is 13.3. The van der Waals surface area contributed by atoms with E-state index in [0.29, 0.717) is 116 Å². The van der Waals surface area contributed by atoms with E-state index in [1.807, 2.05) is 30.8 Å². The maximum atomic E-state index is 13.3. The van der Waals surface area contributed by atoms with E-state index in [2.05, 4.69) is 83.8 Å². The number of nitrogens with zero attached hydrogens (tertiary/aromatic N) is 2. The normalized spacial score (nSPS) is 17.9. The predicted octanol–water partition coefficient (Wildman–Crippen LogP) is 6.39. The fourth-order valence-electron chi connectivity index (χ4n) is 9.49. The fraction of sp³-hybridized carbons (Fsp3) is 0.585. The minimum Gasteiger partial charge on any atom is -0.379 e. The first-order valence-electron chi connectivity index (χ1n) is 25.9. The topological polar surface area (TPSA) is 239 Å². The minimum absolute atomic E-state index is 0.0234. The quantitative estimate of drug-likeness (QED) is 0.0155. The first-order chi connectivity index (χ1) is 35.0. The van der Waals surface area contributed by atoms with Gasteiger partial charge in [0.15, 0.2) is 5.66 Å². The van der Waals surface area contributed by atoms with Gasteiger partial charge in [0, 0.05) is 87.5 Å². The van der Waals surface area contributed by atoms with Crippen LogP contribution in [0.4, 0.5) is 10.5 Å². The van der Waals surface area contributed by atoms with E-state index in [0.717, 1.165) is 70.5 Å². The third kappa shape index (κ3) is 16.4. The minimum atomic E-state index is -0.709. The number of ether oxygens (including phenoxy) is 3. The molecular weight excluding hydrogens is 939 g/mol. The number of rotatable bonds is 34. The summed E-state index contributed by atoms with van der Waals surface area (Å²) in [4.78, 5) is 74.6. The molecule has 19 heteroatoms. The van der Waals surface area contributed by atoms with Crippen molar-refractivity contribution in [1.29, 1.82) is 0 Å². The summed E-state index contributed by atoms with van der Waals surface area (Å²) in [6.45, 7) is 7.48. The summed E-state index contributed by atoms with van der Waals surface area (Å²) >= 11 is 1.90. The Morgan fingerprint density at radius 1 is 0.694 bits per heavy atom. The monoisotopic (exact) mass is 1010 g/mol. The number of anilines is 1. The van der Waals surface area contributed by atoms with Crippen LogP contribution in [0.3, 0.4) is 0 Å². The molecule has 4 aromatic carbocycles. The molecule has 3 aliphatic heterocycles. The average molecular weight is 1010 g/mol. The van der Waals surface area contributed by atoms with Crippen molar-refractivity contribution < 1.29 is 43.0 Å². The molecule has 4 atom stereocenters. The van der Waals surface area contributed by atoms with Gasteiger partial charge in [-0.05, 0) is 103 Å². The van der Waals surface area contributed by atoms with Gasteiger partial charge in [0.25, 0.3) is 0 Å². The molecule has 390 valence electrons. The number of carbonyl (C=O) groups is 6. The summed E-state index contributed by atoms with van der Waals surface area (Å²) in [5.74, 6) is 0.384. The van der Waals surface area contributed by atoms with Gasteiger partial charge in [0.05, 0.1) is 38.5 Å². The zero-order valence-corrected chi connectivity index (χ0v) is 42.7. The van der Waals surface area contributed by atoms with Crippen LogP contribution in [0.15, 0.2) is 58.8 Å². The first kappa shape index (κ1) is 54.2. The van der Waals surface area contributed by atoms with E-state index in [1.54, 1.807) is 0 Å². The van der Waals surface area contributed by atoms with Crippen LogP contribution in [0.1, 0.15) is 103 Å². The molecule has 18 nitrogen and oxygen atoms in total. The molecular formula is C53H73N9O9S. The summed E-state index contributed by atoms with van der Waals surface area (Å²) in [7, 11) is 0. The Bertz CT molecular complexity index is 2500. The molecule has 3 aliphatic rings. The molecule has 3 heterocycles. The van der Waals surface area contributed by atoms with Crippen molar-refractivity contribution in [3.05, 3.63) is 54.1 Å². The molecule has 4 aromatic rings. The molecule has 2 saturated heterocycles. The lowest BCUT2D eigenvalue weighted by molar-refractivity contribution is -0.129. The standard InChI is InChI=1S/C53H73N9O9S/c1-35(63)57-41-22-19-38-17-20-39-36(15-16-37-18-21-40(41)49(38)48(37)39)10-7-14-46(65)54-25-6-5-11-42(58-47(66)23-24-53(2)61-62-53)51(67)56-27-9-29-70-31-33-71-32-30-69-28-8-26-55-45(64)13-4-3-12-44-50-43(34-72-44)59-52(68)60-50/h15-22,42-44,50H,3-14,23-34H2,1-2H3,(H,54,65)(H,55,64)(H,56,67)(H,57,63)(H,58,66)(H2,59,60,68)/t42-,43-,44-,50-/m0/s1. The number of amides is 7. The van der Waals surface area contributed by atoms with Crippen LogP contribution in [-0.2, 0) is 44.6 Å². The third-order valence-electron chi connectivity index (χ3n) is 13.5. The number of unbranched alkanes of at least 4 members (excludes halogenated alkanes) is 2. The third-order valence-corrected chi connectivity index (χ3v) is 15.0. The maximum Gasteiger partial charge on any atom is 0.315 e. The van der Waals surface area contributed by atoms with E-state index in [-0.39, 0.29) is 54.1 Å². The Balaban J connectivity index is 0.699. The number of hydrogen-bond donors (Lipinski definition) is 7. The van der Waals surface area contributed by atoms with Crippen LogP contribution < -0.4 is 37.2 Å². The van der Waals surface area contributed by atoms with Crippen LogP contribution in [-0.4, -0.2) is 130 Å². The number of urea groups is 1. The van der Waals surface area contributed by atoms with Crippen LogP contribution >= 0.6 is 11.8 Å². The van der Waals surface area contributed by atoms with Crippen molar-refractivity contribution in [1.82, 2.24) is 31.9 Å². The largest absolute Gasteiger partial charge is 0.379 e. The highest BCUT2D eigenvalue weighted by Crippen LogP contribution is 2.39. The van der Waals surface area contributed by atoms with Gasteiger partial charge >= 0.3 is 6.03 Å². The van der Waals surface area contributed by atoms with E-state index in [1.165, 1.54) is 17.9 Å². The fourth-order valence-corrected chi connectivity index (χ4v) is 11.0. The van der Waals surface area contributed by atoms with Crippen molar-refractivity contribution in [2.45, 2.75) is 133 Å². The molecule has 7 N–H and O–H groups in total. The second kappa shape index (κ2) is 27.4. The summed E-state index contributed by atoms with van der Waals surface area (Å²) in [6.07, 6.45) is 8.84. The van der Waals surface area contributed by atoms with Crippen molar-refractivity contribution in [2.75, 3.05) is 70.3 Å². The van der Waals surface area contributed by atoms with Crippen LogP contribution in [0.2, 0.25) is 0 Å². The van der Waals surface area contributed by atoms with Crippen molar-refractivity contribution in [3.63, 3.8) is 0 Å². The number of hydrogen-bond acceptors (Lipinski definition) is 12. The molecule has 7 amide bonds. The molecule has 0 aliphatic carbocycles. The number of thioether (sulfide) groups is 1. The molecule has 72 heavy (non-hydrogen) atoms. The Morgan fingerprint density at radius 3 is 2.03 bits per heavy atom. The van der Waals surface area contributed by atoms with Crippen LogP contribution in [0.25, 0.3) is 32.3 Å². The Labute approximate surface area is 426 Å². The Morgan fingerprint density at radius 2 is 1.32 bits per heavy atom. The lowest BCUT2D eigenvalue weighted by Crippen LogP contribution is -2.47. The Kier molecular flexibility index (Phi) is 20.6. The van der Waals surface area contributed by atoms with Gasteiger partial charge in [-0.1, -0.05) is 48.9 Å². The average Bonchev–Trinajstić information content (AvgIpc) is 3.82. The van der Waals surface area contributed by atoms with E-state index < -0.39 is 11.7 Å². The zero-order chi connectivity index (χ0) is 50.7. The van der Waals surface area contributed by atoms with Gasteiger partial charge in [0.2, 0.25) is 29.5 Å². The van der Waals surface area contributed by atoms with Gasteiger partial charge in [0.1, 0.15) is 6.04 Å².